The third kappa shape index (κ3) is 51.8. The van der Waals surface area contributed by atoms with Gasteiger partial charge in [-0.3, -0.25) is 14.4 Å². The van der Waals surface area contributed by atoms with E-state index in [1.54, 1.807) is 0 Å². The number of carbonyl (C=O) groups is 3. The fraction of sp³-hybridized carbons (Fsp3) is 0.950. The van der Waals surface area contributed by atoms with E-state index in [0.29, 0.717) is 19.3 Å². The second-order valence-corrected chi connectivity index (χ2v) is 21.4. The molecule has 0 aromatic carbocycles. The summed E-state index contributed by atoms with van der Waals surface area (Å²) < 4.78 is 16.9. The second kappa shape index (κ2) is 52.8. The van der Waals surface area contributed by atoms with Crippen molar-refractivity contribution in [1.82, 2.24) is 0 Å². The van der Waals surface area contributed by atoms with E-state index in [9.17, 15) is 14.4 Å². The lowest BCUT2D eigenvalue weighted by atomic mass is 9.99. The molecule has 2 atom stereocenters. The van der Waals surface area contributed by atoms with Gasteiger partial charge in [0.25, 0.3) is 0 Å². The predicted octanol–water partition coefficient (Wildman–Crippen LogP) is 19.7. The van der Waals surface area contributed by atoms with E-state index in [1.165, 1.54) is 225 Å². The molecule has 0 heterocycles. The Balaban J connectivity index is 4.24. The normalized spacial score (nSPS) is 12.5. The van der Waals surface area contributed by atoms with Crippen LogP contribution in [0.15, 0.2) is 0 Å². The molecule has 6 nitrogen and oxygen atoms in total. The first kappa shape index (κ1) is 64.4. The number of hydrogen-bond acceptors (Lipinski definition) is 6. The van der Waals surface area contributed by atoms with Crippen molar-refractivity contribution in [2.45, 2.75) is 343 Å². The molecule has 1 unspecified atom stereocenters. The van der Waals surface area contributed by atoms with Crippen LogP contribution in [-0.4, -0.2) is 37.2 Å². The quantitative estimate of drug-likeness (QED) is 0.0343. The van der Waals surface area contributed by atoms with Crippen LogP contribution in [0.2, 0.25) is 0 Å². The molecule has 0 saturated heterocycles. The molecule has 0 saturated carbocycles. The molecule has 0 aromatic heterocycles. The van der Waals surface area contributed by atoms with Crippen molar-refractivity contribution in [3.8, 4) is 0 Å². The Morgan fingerprint density at radius 1 is 0.318 bits per heavy atom. The molecule has 0 aliphatic rings. The molecular formula is C60H116O6. The molecule has 0 fully saturated rings. The standard InChI is InChI=1S/C60H116O6/c1-6-8-9-10-11-12-13-14-19-24-27-30-37-42-47-52-60(63)66-57(54-65-59(62)51-46-41-36-32-31-34-39-44-49-56(5)7-2)53-64-58(61)50-45-40-35-29-26-23-21-18-16-15-17-20-22-25-28-33-38-43-48-55(3)4/h55-57H,6-54H2,1-5H3/t56?,57-/m0/s1. The molecule has 0 amide bonds. The van der Waals surface area contributed by atoms with Gasteiger partial charge in [-0.05, 0) is 31.1 Å². The van der Waals surface area contributed by atoms with Gasteiger partial charge in [-0.15, -0.1) is 0 Å². The Morgan fingerprint density at radius 2 is 0.576 bits per heavy atom. The molecule has 6 heteroatoms. The maximum Gasteiger partial charge on any atom is 0.306 e. The van der Waals surface area contributed by atoms with Crippen molar-refractivity contribution in [2.24, 2.45) is 11.8 Å². The van der Waals surface area contributed by atoms with Gasteiger partial charge >= 0.3 is 17.9 Å². The summed E-state index contributed by atoms with van der Waals surface area (Å²) in [4.78, 5) is 38.1. The third-order valence-corrected chi connectivity index (χ3v) is 14.1. The van der Waals surface area contributed by atoms with Gasteiger partial charge in [-0.1, -0.05) is 298 Å². The van der Waals surface area contributed by atoms with Gasteiger partial charge in [0.1, 0.15) is 13.2 Å². The maximum atomic E-state index is 12.8. The fourth-order valence-electron chi connectivity index (χ4n) is 9.20. The van der Waals surface area contributed by atoms with Gasteiger partial charge in [0.15, 0.2) is 6.10 Å². The van der Waals surface area contributed by atoms with Crippen LogP contribution < -0.4 is 0 Å². The molecule has 0 spiro atoms. The predicted molar refractivity (Wildman–Crippen MR) is 284 cm³/mol. The summed E-state index contributed by atoms with van der Waals surface area (Å²) in [5, 5.41) is 0. The molecular weight excluding hydrogens is 817 g/mol. The minimum atomic E-state index is -0.763. The molecule has 0 rings (SSSR count). The molecule has 0 aromatic rings. The van der Waals surface area contributed by atoms with Crippen molar-refractivity contribution in [3.05, 3.63) is 0 Å². The van der Waals surface area contributed by atoms with E-state index >= 15 is 0 Å². The summed E-state index contributed by atoms with van der Waals surface area (Å²) in [6.45, 7) is 11.4. The van der Waals surface area contributed by atoms with Crippen molar-refractivity contribution in [1.29, 1.82) is 0 Å². The minimum absolute atomic E-state index is 0.0628. The largest absolute Gasteiger partial charge is 0.462 e. The zero-order chi connectivity index (χ0) is 48.2. The maximum absolute atomic E-state index is 12.8. The second-order valence-electron chi connectivity index (χ2n) is 21.4. The van der Waals surface area contributed by atoms with Crippen molar-refractivity contribution < 1.29 is 28.6 Å². The van der Waals surface area contributed by atoms with Crippen molar-refractivity contribution in [2.75, 3.05) is 13.2 Å². The lowest BCUT2D eigenvalue weighted by Crippen LogP contribution is -2.30. The van der Waals surface area contributed by atoms with E-state index in [-0.39, 0.29) is 31.1 Å². The SMILES string of the molecule is CCCCCCCCCCCCCCCCCC(=O)O[C@@H](COC(=O)CCCCCCCCCCCCCCCCCCCCC(C)C)COC(=O)CCCCCCCCCCC(C)CC. The number of unbranched alkanes of at least 4 members (excludes halogenated alkanes) is 38. The Bertz CT molecular complexity index is 1010. The molecule has 66 heavy (non-hydrogen) atoms. The molecule has 0 aliphatic carbocycles. The van der Waals surface area contributed by atoms with Crippen LogP contribution in [0.25, 0.3) is 0 Å². The van der Waals surface area contributed by atoms with Crippen molar-refractivity contribution >= 4 is 17.9 Å². The van der Waals surface area contributed by atoms with Gasteiger partial charge in [0, 0.05) is 19.3 Å². The van der Waals surface area contributed by atoms with Gasteiger partial charge in [-0.25, -0.2) is 0 Å². The third-order valence-electron chi connectivity index (χ3n) is 14.1. The molecule has 0 bridgehead atoms. The number of esters is 3. The Labute approximate surface area is 412 Å². The Morgan fingerprint density at radius 3 is 0.864 bits per heavy atom. The summed E-state index contributed by atoms with van der Waals surface area (Å²) in [5.41, 5.74) is 0. The van der Waals surface area contributed by atoms with Gasteiger partial charge in [0.2, 0.25) is 0 Å². The Hall–Kier alpha value is -1.59. The van der Waals surface area contributed by atoms with Crippen LogP contribution >= 0.6 is 0 Å². The highest BCUT2D eigenvalue weighted by Gasteiger charge is 2.19. The topological polar surface area (TPSA) is 78.9 Å². The molecule has 392 valence electrons. The number of hydrogen-bond donors (Lipinski definition) is 0. The average Bonchev–Trinajstić information content (AvgIpc) is 3.30. The van der Waals surface area contributed by atoms with Gasteiger partial charge in [0.05, 0.1) is 0 Å². The van der Waals surface area contributed by atoms with E-state index < -0.39 is 6.10 Å². The lowest BCUT2D eigenvalue weighted by Gasteiger charge is -2.18. The highest BCUT2D eigenvalue weighted by molar-refractivity contribution is 5.71. The van der Waals surface area contributed by atoms with Gasteiger partial charge < -0.3 is 14.2 Å². The number of rotatable bonds is 54. The molecule has 0 N–H and O–H groups in total. The molecule has 0 radical (unpaired) electrons. The van der Waals surface area contributed by atoms with E-state index in [4.69, 9.17) is 14.2 Å². The highest BCUT2D eigenvalue weighted by Crippen LogP contribution is 2.19. The summed E-state index contributed by atoms with van der Waals surface area (Å²) in [7, 11) is 0. The first-order valence-electron chi connectivity index (χ1n) is 29.8. The summed E-state index contributed by atoms with van der Waals surface area (Å²) in [6, 6.07) is 0. The Kier molecular flexibility index (Phi) is 51.5. The zero-order valence-corrected chi connectivity index (χ0v) is 45.3. The average molecular weight is 934 g/mol. The lowest BCUT2D eigenvalue weighted by molar-refractivity contribution is -0.167. The monoisotopic (exact) mass is 933 g/mol. The fourth-order valence-corrected chi connectivity index (χ4v) is 9.20. The van der Waals surface area contributed by atoms with Crippen LogP contribution in [0.3, 0.4) is 0 Å². The first-order valence-corrected chi connectivity index (χ1v) is 29.8. The highest BCUT2D eigenvalue weighted by atomic mass is 16.6. The van der Waals surface area contributed by atoms with Crippen molar-refractivity contribution in [3.63, 3.8) is 0 Å². The smallest absolute Gasteiger partial charge is 0.306 e. The number of carbonyl (C=O) groups excluding carboxylic acids is 3. The van der Waals surface area contributed by atoms with Crippen LogP contribution in [0.4, 0.5) is 0 Å². The van der Waals surface area contributed by atoms with Crippen LogP contribution in [-0.2, 0) is 28.6 Å². The summed E-state index contributed by atoms with van der Waals surface area (Å²) in [5.74, 6) is 0.868. The van der Waals surface area contributed by atoms with E-state index in [0.717, 1.165) is 69.6 Å². The van der Waals surface area contributed by atoms with Crippen LogP contribution in [0.5, 0.6) is 0 Å². The van der Waals surface area contributed by atoms with Crippen LogP contribution in [0.1, 0.15) is 336 Å². The first-order chi connectivity index (χ1) is 32.3. The number of ether oxygens (including phenoxy) is 3. The van der Waals surface area contributed by atoms with Crippen LogP contribution in [0, 0.1) is 11.8 Å². The van der Waals surface area contributed by atoms with E-state index in [2.05, 4.69) is 34.6 Å². The zero-order valence-electron chi connectivity index (χ0n) is 45.3. The summed E-state index contributed by atoms with van der Waals surface area (Å²) in [6.07, 6.45) is 56.7. The molecule has 0 aliphatic heterocycles. The minimum Gasteiger partial charge on any atom is -0.462 e. The summed E-state index contributed by atoms with van der Waals surface area (Å²) >= 11 is 0. The van der Waals surface area contributed by atoms with E-state index in [1.807, 2.05) is 0 Å². The van der Waals surface area contributed by atoms with Gasteiger partial charge in [-0.2, -0.15) is 0 Å².